The van der Waals surface area contributed by atoms with E-state index in [-0.39, 0.29) is 17.2 Å². The summed E-state index contributed by atoms with van der Waals surface area (Å²) in [5.74, 6) is -1.45. The highest BCUT2D eigenvalue weighted by molar-refractivity contribution is 8.06. The maximum atomic E-state index is 13.0. The number of hydrogen-bond acceptors (Lipinski definition) is 13. The number of carboxylic acid groups (broad SMARTS) is 1. The largest absolute Gasteiger partial charge is 0.477 e. The fourth-order valence-corrected chi connectivity index (χ4v) is 6.61. The van der Waals surface area contributed by atoms with Gasteiger partial charge in [-0.05, 0) is 18.2 Å². The monoisotopic (exact) mass is 550 g/mol. The van der Waals surface area contributed by atoms with E-state index in [0.717, 1.165) is 16.7 Å². The zero-order chi connectivity index (χ0) is 25.8. The van der Waals surface area contributed by atoms with Crippen molar-refractivity contribution in [1.29, 1.82) is 0 Å². The highest BCUT2D eigenvalue weighted by Gasteiger charge is 2.54. The summed E-state index contributed by atoms with van der Waals surface area (Å²) in [6, 6.07) is 4.01. The lowest BCUT2D eigenvalue weighted by molar-refractivity contribution is -0.151. The van der Waals surface area contributed by atoms with Crippen LogP contribution in [0.4, 0.5) is 5.82 Å². The molecule has 2 aliphatic heterocycles. The number of nitrogens with zero attached hydrogens (tertiary/aromatic N) is 4. The Kier molecular flexibility index (Phi) is 8.32. The number of carboxylic acids is 1. The Morgan fingerprint density at radius 2 is 2.11 bits per heavy atom. The minimum absolute atomic E-state index is 0.150. The van der Waals surface area contributed by atoms with E-state index in [1.807, 2.05) is 5.48 Å². The van der Waals surface area contributed by atoms with Gasteiger partial charge in [0.15, 0.2) is 11.2 Å². The number of aliphatic carboxylic acids is 1. The normalized spacial score (nSPS) is 19.9. The second kappa shape index (κ2) is 11.4. The zero-order valence-corrected chi connectivity index (χ0v) is 21.0. The Morgan fingerprint density at radius 1 is 1.31 bits per heavy atom. The van der Waals surface area contributed by atoms with Crippen molar-refractivity contribution < 1.29 is 24.7 Å². The van der Waals surface area contributed by atoms with Crippen molar-refractivity contribution in [3.63, 3.8) is 0 Å². The van der Waals surface area contributed by atoms with Gasteiger partial charge in [-0.2, -0.15) is 5.48 Å². The SMILES string of the molecule is NCCSc1nccc(SC2=C(C(=O)O)N3C(=O)[C@@H](NC(=O)C(NO)c4cccc(N)n4)[C@@H]3SC2)n1. The number of aromatic nitrogens is 3. The van der Waals surface area contributed by atoms with Crippen LogP contribution in [0.2, 0.25) is 0 Å². The summed E-state index contributed by atoms with van der Waals surface area (Å²) in [7, 11) is 0. The van der Waals surface area contributed by atoms with Crippen LogP contribution in [0.3, 0.4) is 0 Å². The van der Waals surface area contributed by atoms with E-state index >= 15 is 0 Å². The molecule has 0 bridgehead atoms. The van der Waals surface area contributed by atoms with Gasteiger partial charge in [0.2, 0.25) is 5.91 Å². The van der Waals surface area contributed by atoms with E-state index < -0.39 is 35.2 Å². The fourth-order valence-electron chi connectivity index (χ4n) is 3.52. The molecule has 16 heteroatoms. The molecule has 1 unspecified atom stereocenters. The number of hydrogen-bond donors (Lipinski definition) is 6. The van der Waals surface area contributed by atoms with Crippen LogP contribution in [0.15, 0.2) is 51.2 Å². The summed E-state index contributed by atoms with van der Waals surface area (Å²) in [6.45, 7) is 0.470. The van der Waals surface area contributed by atoms with Gasteiger partial charge in [-0.1, -0.05) is 29.6 Å². The van der Waals surface area contributed by atoms with Crippen molar-refractivity contribution in [1.82, 2.24) is 30.6 Å². The summed E-state index contributed by atoms with van der Waals surface area (Å²) in [5.41, 5.74) is 13.1. The van der Waals surface area contributed by atoms with Gasteiger partial charge < -0.3 is 27.1 Å². The molecule has 4 rings (SSSR count). The molecular weight excluding hydrogens is 528 g/mol. The molecule has 0 saturated carbocycles. The van der Waals surface area contributed by atoms with Crippen LogP contribution in [0.25, 0.3) is 0 Å². The first-order valence-corrected chi connectivity index (χ1v) is 13.4. The molecule has 190 valence electrons. The van der Waals surface area contributed by atoms with Crippen molar-refractivity contribution in [2.75, 3.05) is 23.8 Å². The van der Waals surface area contributed by atoms with Crippen molar-refractivity contribution in [2.45, 2.75) is 27.6 Å². The average molecular weight is 551 g/mol. The Balaban J connectivity index is 1.49. The van der Waals surface area contributed by atoms with Crippen LogP contribution in [0.5, 0.6) is 0 Å². The number of carbonyl (C=O) groups is 3. The second-order valence-electron chi connectivity index (χ2n) is 7.44. The number of nitrogens with two attached hydrogens (primary N) is 2. The highest BCUT2D eigenvalue weighted by atomic mass is 32.2. The molecule has 36 heavy (non-hydrogen) atoms. The number of nitrogens with one attached hydrogen (secondary N) is 2. The number of anilines is 1. The molecule has 2 amide bonds. The van der Waals surface area contributed by atoms with Gasteiger partial charge in [-0.15, -0.1) is 11.8 Å². The summed E-state index contributed by atoms with van der Waals surface area (Å²) < 4.78 is 0. The van der Waals surface area contributed by atoms with Gasteiger partial charge in [-0.3, -0.25) is 14.5 Å². The van der Waals surface area contributed by atoms with Crippen molar-refractivity contribution in [3.05, 3.63) is 46.8 Å². The number of fused-ring (bicyclic) bond motifs is 1. The Morgan fingerprint density at radius 3 is 2.81 bits per heavy atom. The van der Waals surface area contributed by atoms with Crippen LogP contribution >= 0.6 is 35.3 Å². The van der Waals surface area contributed by atoms with Gasteiger partial charge in [0.05, 0.1) is 5.69 Å². The van der Waals surface area contributed by atoms with E-state index in [4.69, 9.17) is 11.5 Å². The predicted molar refractivity (Wildman–Crippen MR) is 134 cm³/mol. The van der Waals surface area contributed by atoms with Crippen LogP contribution in [0.1, 0.15) is 11.7 Å². The smallest absolute Gasteiger partial charge is 0.353 e. The van der Waals surface area contributed by atoms with Crippen molar-refractivity contribution in [3.8, 4) is 0 Å². The van der Waals surface area contributed by atoms with E-state index in [1.165, 1.54) is 35.7 Å². The number of thioether (sulfide) groups is 3. The standard InChI is InChI=1S/C20H22N8O5S3/c21-5-7-34-20-23-6-4-12(25-20)36-10-8-35-18-14(17(30)28(18)15(10)19(31)32)26-16(29)13(27-33)9-2-1-3-11(22)24-9/h1-4,6,13-14,18,27,33H,5,7-8,21H2,(H2,22,24)(H,26,29)(H,31,32)/t13?,14-,18+/m1/s1. The predicted octanol–water partition coefficient (Wildman–Crippen LogP) is 0.0129. The van der Waals surface area contributed by atoms with Gasteiger partial charge >= 0.3 is 5.97 Å². The molecule has 13 nitrogen and oxygen atoms in total. The Labute approximate surface area is 217 Å². The molecule has 2 aromatic rings. The topological polar surface area (TPSA) is 210 Å². The van der Waals surface area contributed by atoms with Crippen molar-refractivity contribution in [2.24, 2.45) is 5.73 Å². The van der Waals surface area contributed by atoms with Gasteiger partial charge in [-0.25, -0.2) is 19.7 Å². The quantitative estimate of drug-likeness (QED) is 0.0757. The van der Waals surface area contributed by atoms with Crippen LogP contribution < -0.4 is 22.3 Å². The molecule has 1 saturated heterocycles. The summed E-state index contributed by atoms with van der Waals surface area (Å²) >= 11 is 3.85. The molecule has 3 atom stereocenters. The average Bonchev–Trinajstić information content (AvgIpc) is 2.86. The van der Waals surface area contributed by atoms with Crippen molar-refractivity contribution >= 4 is 58.9 Å². The van der Waals surface area contributed by atoms with E-state index in [1.54, 1.807) is 18.3 Å². The molecule has 0 aromatic carbocycles. The van der Waals surface area contributed by atoms with Gasteiger partial charge in [0.25, 0.3) is 5.91 Å². The third-order valence-electron chi connectivity index (χ3n) is 5.10. The van der Waals surface area contributed by atoms with Crippen LogP contribution in [-0.2, 0) is 14.4 Å². The lowest BCUT2D eigenvalue weighted by Gasteiger charge is -2.49. The molecule has 0 spiro atoms. The Hall–Kier alpha value is -2.89. The molecule has 0 radical (unpaired) electrons. The molecule has 2 aromatic heterocycles. The van der Waals surface area contributed by atoms with E-state index in [0.29, 0.717) is 33.1 Å². The maximum Gasteiger partial charge on any atom is 0.353 e. The van der Waals surface area contributed by atoms with Crippen LogP contribution in [-0.4, -0.2) is 77.4 Å². The highest BCUT2D eigenvalue weighted by Crippen LogP contribution is 2.45. The first-order valence-electron chi connectivity index (χ1n) is 10.5. The molecule has 0 aliphatic carbocycles. The van der Waals surface area contributed by atoms with E-state index in [2.05, 4.69) is 20.3 Å². The third-order valence-corrected chi connectivity index (χ3v) is 8.48. The maximum absolute atomic E-state index is 13.0. The van der Waals surface area contributed by atoms with Gasteiger partial charge in [0, 0.05) is 29.2 Å². The summed E-state index contributed by atoms with van der Waals surface area (Å²) in [6.07, 6.45) is 1.58. The summed E-state index contributed by atoms with van der Waals surface area (Å²) in [4.78, 5) is 52.1. The number of β-lactam (4-membered cyclic amide) rings is 1. The molecule has 2 aliphatic rings. The number of carbonyl (C=O) groups excluding carboxylic acids is 2. The number of hydroxylamine groups is 1. The Bertz CT molecular complexity index is 1220. The first kappa shape index (κ1) is 26.2. The lowest BCUT2D eigenvalue weighted by atomic mass is 10.0. The number of nitrogen functional groups attached to an aromatic ring is 1. The fraction of sp³-hybridized carbons (Fsp3) is 0.300. The second-order valence-corrected chi connectivity index (χ2v) is 10.7. The lowest BCUT2D eigenvalue weighted by Crippen LogP contribution is -2.71. The molecular formula is C20H22N8O5S3. The number of amides is 2. The minimum Gasteiger partial charge on any atom is -0.477 e. The minimum atomic E-state index is -1.27. The number of pyridine rings is 1. The first-order chi connectivity index (χ1) is 17.3. The zero-order valence-electron chi connectivity index (χ0n) is 18.5. The third kappa shape index (κ3) is 5.42. The van der Waals surface area contributed by atoms with Crippen LogP contribution in [0, 0.1) is 0 Å². The molecule has 8 N–H and O–H groups in total. The number of rotatable bonds is 10. The van der Waals surface area contributed by atoms with Gasteiger partial charge in [0.1, 0.15) is 28.0 Å². The molecule has 1 fully saturated rings. The summed E-state index contributed by atoms with van der Waals surface area (Å²) in [5, 5.41) is 22.4. The van der Waals surface area contributed by atoms with E-state index in [9.17, 15) is 24.7 Å². The molecule has 4 heterocycles.